The van der Waals surface area contributed by atoms with E-state index in [2.05, 4.69) is 5.32 Å². The number of nitrogens with two attached hydrogens (primary N) is 1. The van der Waals surface area contributed by atoms with Gasteiger partial charge in [-0.3, -0.25) is 4.79 Å². The maximum Gasteiger partial charge on any atom is 0.254 e. The minimum absolute atomic E-state index is 0.0202. The molecule has 0 aliphatic heterocycles. The first-order chi connectivity index (χ1) is 6.74. The van der Waals surface area contributed by atoms with Crippen LogP contribution in [0.2, 0.25) is 0 Å². The van der Waals surface area contributed by atoms with Crippen LogP contribution in [0.15, 0.2) is 5.38 Å². The zero-order valence-corrected chi connectivity index (χ0v) is 8.99. The third kappa shape index (κ3) is 1.62. The van der Waals surface area contributed by atoms with Crippen LogP contribution in [0.25, 0.3) is 0 Å². The van der Waals surface area contributed by atoms with Crippen LogP contribution in [0.4, 0.5) is 5.00 Å². The Kier molecular flexibility index (Phi) is 2.46. The largest absolute Gasteiger partial charge is 0.390 e. The number of hydrogen-bond acceptors (Lipinski definition) is 3. The maximum atomic E-state index is 11.7. The first kappa shape index (κ1) is 9.52. The third-order valence-electron chi connectivity index (χ3n) is 2.43. The van der Waals surface area contributed by atoms with Gasteiger partial charge < -0.3 is 11.1 Å². The van der Waals surface area contributed by atoms with Crippen molar-refractivity contribution in [1.82, 2.24) is 5.32 Å². The molecule has 0 unspecified atom stereocenters. The number of hydrogen-bond donors (Lipinski definition) is 2. The molecule has 3 nitrogen and oxygen atoms in total. The molecule has 3 N–H and O–H groups in total. The highest BCUT2D eigenvalue weighted by atomic mass is 32.1. The summed E-state index contributed by atoms with van der Waals surface area (Å²) in [5, 5.41) is 5.48. The number of rotatable bonds is 3. The molecule has 1 aliphatic rings. The average Bonchev–Trinajstić information content (AvgIpc) is 2.90. The van der Waals surface area contributed by atoms with Gasteiger partial charge in [-0.2, -0.15) is 0 Å². The number of carbonyl (C=O) groups excluding carboxylic acids is 1. The molecule has 0 bridgehead atoms. The lowest BCUT2D eigenvalue weighted by molar-refractivity contribution is 0.0956. The Morgan fingerprint density at radius 1 is 1.71 bits per heavy atom. The molecule has 0 spiro atoms. The fraction of sp³-hybridized carbons (Fsp3) is 0.500. The lowest BCUT2D eigenvalue weighted by atomic mass is 10.1. The molecule has 1 aromatic rings. The zero-order valence-electron chi connectivity index (χ0n) is 8.17. The monoisotopic (exact) mass is 210 g/mol. The summed E-state index contributed by atoms with van der Waals surface area (Å²) >= 11 is 1.47. The average molecular weight is 210 g/mol. The van der Waals surface area contributed by atoms with Crippen molar-refractivity contribution in [1.29, 1.82) is 0 Å². The van der Waals surface area contributed by atoms with Crippen LogP contribution in [0.3, 0.4) is 0 Å². The van der Waals surface area contributed by atoms with E-state index < -0.39 is 0 Å². The van der Waals surface area contributed by atoms with Crippen molar-refractivity contribution in [3.8, 4) is 0 Å². The SMILES string of the molecule is CCNC(=O)c1c(C2CC2)csc1N. The second-order valence-electron chi connectivity index (χ2n) is 3.56. The summed E-state index contributed by atoms with van der Waals surface area (Å²) in [4.78, 5) is 11.7. The van der Waals surface area contributed by atoms with Crippen molar-refractivity contribution in [3.05, 3.63) is 16.5 Å². The lowest BCUT2D eigenvalue weighted by Gasteiger charge is -2.04. The van der Waals surface area contributed by atoms with Crippen molar-refractivity contribution in [2.75, 3.05) is 12.3 Å². The van der Waals surface area contributed by atoms with Crippen molar-refractivity contribution < 1.29 is 4.79 Å². The summed E-state index contributed by atoms with van der Waals surface area (Å²) in [6.45, 7) is 2.56. The number of amides is 1. The normalized spacial score (nSPS) is 15.5. The van der Waals surface area contributed by atoms with E-state index in [1.165, 1.54) is 24.2 Å². The first-order valence-corrected chi connectivity index (χ1v) is 5.77. The predicted octanol–water partition coefficient (Wildman–Crippen LogP) is 1.96. The molecule has 0 saturated heterocycles. The number of nitrogen functional groups attached to an aromatic ring is 1. The van der Waals surface area contributed by atoms with Crippen molar-refractivity contribution in [2.24, 2.45) is 0 Å². The Bertz CT molecular complexity index is 355. The minimum atomic E-state index is -0.0202. The van der Waals surface area contributed by atoms with E-state index in [4.69, 9.17) is 5.73 Å². The van der Waals surface area contributed by atoms with E-state index in [1.54, 1.807) is 0 Å². The van der Waals surface area contributed by atoms with Crippen LogP contribution < -0.4 is 11.1 Å². The third-order valence-corrected chi connectivity index (χ3v) is 3.26. The summed E-state index contributed by atoms with van der Waals surface area (Å²) in [6.07, 6.45) is 2.39. The van der Waals surface area contributed by atoms with Gasteiger partial charge in [0, 0.05) is 6.54 Å². The molecule has 1 aromatic heterocycles. The predicted molar refractivity (Wildman–Crippen MR) is 58.7 cm³/mol. The summed E-state index contributed by atoms with van der Waals surface area (Å²) in [5.41, 5.74) is 7.67. The van der Waals surface area contributed by atoms with Gasteiger partial charge in [-0.15, -0.1) is 11.3 Å². The molecular weight excluding hydrogens is 196 g/mol. The van der Waals surface area contributed by atoms with Gasteiger partial charge in [0.2, 0.25) is 0 Å². The van der Waals surface area contributed by atoms with Crippen LogP contribution >= 0.6 is 11.3 Å². The fourth-order valence-electron chi connectivity index (χ4n) is 1.57. The molecule has 1 aliphatic carbocycles. The van der Waals surface area contributed by atoms with Crippen molar-refractivity contribution in [3.63, 3.8) is 0 Å². The van der Waals surface area contributed by atoms with Gasteiger partial charge in [0.25, 0.3) is 5.91 Å². The Labute approximate surface area is 87.3 Å². The summed E-state index contributed by atoms with van der Waals surface area (Å²) in [5.74, 6) is 0.564. The van der Waals surface area contributed by atoms with Crippen LogP contribution in [0.5, 0.6) is 0 Å². The molecule has 0 atom stereocenters. The van der Waals surface area contributed by atoms with Crippen LogP contribution in [0, 0.1) is 0 Å². The molecule has 76 valence electrons. The van der Waals surface area contributed by atoms with E-state index in [0.29, 0.717) is 17.5 Å². The molecule has 2 rings (SSSR count). The van der Waals surface area contributed by atoms with Gasteiger partial charge in [-0.05, 0) is 36.6 Å². The van der Waals surface area contributed by atoms with Gasteiger partial charge in [0.15, 0.2) is 0 Å². The standard InChI is InChI=1S/C10H14N2OS/c1-2-12-10(13)8-7(6-3-4-6)5-14-9(8)11/h5-6H,2-4,11H2,1H3,(H,12,13). The highest BCUT2D eigenvalue weighted by Gasteiger charge is 2.30. The quantitative estimate of drug-likeness (QED) is 0.801. The molecule has 4 heteroatoms. The second-order valence-corrected chi connectivity index (χ2v) is 4.48. The van der Waals surface area contributed by atoms with E-state index in [9.17, 15) is 4.79 Å². The molecule has 1 saturated carbocycles. The van der Waals surface area contributed by atoms with E-state index >= 15 is 0 Å². The summed E-state index contributed by atoms with van der Waals surface area (Å²) in [6, 6.07) is 0. The number of carbonyl (C=O) groups is 1. The molecule has 1 fully saturated rings. The van der Waals surface area contributed by atoms with E-state index in [1.807, 2.05) is 12.3 Å². The van der Waals surface area contributed by atoms with Crippen LogP contribution in [-0.4, -0.2) is 12.5 Å². The van der Waals surface area contributed by atoms with E-state index in [0.717, 1.165) is 11.1 Å². The first-order valence-electron chi connectivity index (χ1n) is 4.89. The Morgan fingerprint density at radius 3 is 3.00 bits per heavy atom. The van der Waals surface area contributed by atoms with Crippen LogP contribution in [0.1, 0.15) is 41.6 Å². The Morgan fingerprint density at radius 2 is 2.43 bits per heavy atom. The molecule has 1 amide bonds. The molecule has 0 radical (unpaired) electrons. The summed E-state index contributed by atoms with van der Waals surface area (Å²) in [7, 11) is 0. The maximum absolute atomic E-state index is 11.7. The van der Waals surface area contributed by atoms with Gasteiger partial charge in [-0.1, -0.05) is 0 Å². The molecule has 0 aromatic carbocycles. The molecular formula is C10H14N2OS. The second kappa shape index (κ2) is 3.61. The summed E-state index contributed by atoms with van der Waals surface area (Å²) < 4.78 is 0. The van der Waals surface area contributed by atoms with Gasteiger partial charge >= 0.3 is 0 Å². The Balaban J connectivity index is 2.29. The van der Waals surface area contributed by atoms with Crippen molar-refractivity contribution >= 4 is 22.2 Å². The van der Waals surface area contributed by atoms with Gasteiger partial charge in [-0.25, -0.2) is 0 Å². The van der Waals surface area contributed by atoms with Gasteiger partial charge in [0.05, 0.1) is 10.6 Å². The van der Waals surface area contributed by atoms with Crippen molar-refractivity contribution in [2.45, 2.75) is 25.7 Å². The molecule has 1 heterocycles. The fourth-order valence-corrected chi connectivity index (χ4v) is 2.47. The van der Waals surface area contributed by atoms with Gasteiger partial charge in [0.1, 0.15) is 0 Å². The van der Waals surface area contributed by atoms with Crippen LogP contribution in [-0.2, 0) is 0 Å². The highest BCUT2D eigenvalue weighted by molar-refractivity contribution is 7.14. The van der Waals surface area contributed by atoms with E-state index in [-0.39, 0.29) is 5.91 Å². The molecule has 14 heavy (non-hydrogen) atoms. The smallest absolute Gasteiger partial charge is 0.254 e. The number of thiophene rings is 1. The minimum Gasteiger partial charge on any atom is -0.390 e. The number of nitrogens with one attached hydrogen (secondary N) is 1. The Hall–Kier alpha value is -1.03. The highest BCUT2D eigenvalue weighted by Crippen LogP contribution is 2.45. The zero-order chi connectivity index (χ0) is 10.1. The number of anilines is 1. The lowest BCUT2D eigenvalue weighted by Crippen LogP contribution is -2.23. The topological polar surface area (TPSA) is 55.1 Å².